The molecule has 28 heavy (non-hydrogen) atoms. The fourth-order valence-electron chi connectivity index (χ4n) is 4.29. The number of fused-ring (bicyclic) bond motifs is 5. The Morgan fingerprint density at radius 1 is 1.11 bits per heavy atom. The molecule has 2 aliphatic heterocycles. The second kappa shape index (κ2) is 6.34. The number of benzene rings is 3. The summed E-state index contributed by atoms with van der Waals surface area (Å²) in [7, 11) is 0. The lowest BCUT2D eigenvalue weighted by Crippen LogP contribution is -2.44. The molecule has 3 aromatic rings. The summed E-state index contributed by atoms with van der Waals surface area (Å²) in [6.07, 6.45) is 3.84. The molecule has 0 spiro atoms. The van der Waals surface area contributed by atoms with Crippen molar-refractivity contribution in [2.45, 2.75) is 19.1 Å². The summed E-state index contributed by atoms with van der Waals surface area (Å²) < 4.78 is 7.04. The fraction of sp³-hybridized carbons (Fsp3) is 0.182. The van der Waals surface area contributed by atoms with Crippen LogP contribution in [-0.4, -0.2) is 11.0 Å². The van der Waals surface area contributed by atoms with Gasteiger partial charge in [0.2, 0.25) is 5.75 Å². The van der Waals surface area contributed by atoms with Gasteiger partial charge in [0, 0.05) is 28.2 Å². The molecule has 140 valence electrons. The lowest BCUT2D eigenvalue weighted by atomic mass is 9.83. The Morgan fingerprint density at radius 2 is 1.93 bits per heavy atom. The summed E-state index contributed by atoms with van der Waals surface area (Å²) in [5.74, 6) is 0.532. The Bertz CT molecular complexity index is 1140. The highest BCUT2D eigenvalue weighted by Crippen LogP contribution is 2.51. The molecule has 0 N–H and O–H groups in total. The molecular formula is C22H17BrN2O3. The average Bonchev–Trinajstić information content (AvgIpc) is 2.69. The summed E-state index contributed by atoms with van der Waals surface area (Å²) in [5, 5.41) is 13.8. The first-order valence-corrected chi connectivity index (χ1v) is 9.93. The van der Waals surface area contributed by atoms with E-state index in [4.69, 9.17) is 4.74 Å². The molecule has 0 radical (unpaired) electrons. The van der Waals surface area contributed by atoms with E-state index in [1.54, 1.807) is 6.07 Å². The van der Waals surface area contributed by atoms with Crippen LogP contribution in [0.1, 0.15) is 18.5 Å². The molecule has 0 aliphatic carbocycles. The lowest BCUT2D eigenvalue weighted by molar-refractivity contribution is -0.386. The largest absolute Gasteiger partial charge is 0.479 e. The normalized spacial score (nSPS) is 22.6. The van der Waals surface area contributed by atoms with Crippen molar-refractivity contribution in [1.29, 1.82) is 0 Å². The Morgan fingerprint density at radius 3 is 2.75 bits per heavy atom. The van der Waals surface area contributed by atoms with Crippen molar-refractivity contribution in [2.24, 2.45) is 5.92 Å². The van der Waals surface area contributed by atoms with Gasteiger partial charge in [-0.3, -0.25) is 10.1 Å². The number of para-hydroxylation sites is 1. The number of hydrogen-bond acceptors (Lipinski definition) is 4. The molecule has 2 heterocycles. The minimum atomic E-state index is -0.370. The zero-order valence-electron chi connectivity index (χ0n) is 15.1. The highest BCUT2D eigenvalue weighted by Gasteiger charge is 2.43. The van der Waals surface area contributed by atoms with Gasteiger partial charge in [0.1, 0.15) is 6.10 Å². The van der Waals surface area contributed by atoms with Gasteiger partial charge >= 0.3 is 5.69 Å². The molecule has 2 bridgehead atoms. The van der Waals surface area contributed by atoms with Crippen LogP contribution in [0.25, 0.3) is 10.8 Å². The third-order valence-electron chi connectivity index (χ3n) is 5.67. The molecule has 3 aromatic carbocycles. The standard InChI is InChI=1S/C22H17BrN2O3/c1-13-19-11-12-24(17-10-9-14-5-2-3-6-15(14)20(17)23)21(13)16-7-4-8-18(25(26)27)22(16)28-19/h2-13,19,21H,1H3/t13-,19-,21+/m1/s1. The minimum absolute atomic E-state index is 0.0206. The Labute approximate surface area is 170 Å². The number of rotatable bonds is 2. The van der Waals surface area contributed by atoms with E-state index in [-0.39, 0.29) is 28.7 Å². The van der Waals surface area contributed by atoms with E-state index >= 15 is 0 Å². The summed E-state index contributed by atoms with van der Waals surface area (Å²) in [5.41, 5.74) is 1.90. The monoisotopic (exact) mass is 436 g/mol. The topological polar surface area (TPSA) is 55.6 Å². The van der Waals surface area contributed by atoms with Gasteiger partial charge in [0.15, 0.2) is 0 Å². The first kappa shape index (κ1) is 17.3. The molecule has 2 aliphatic rings. The fourth-order valence-corrected chi connectivity index (χ4v) is 4.99. The van der Waals surface area contributed by atoms with Gasteiger partial charge in [-0.05, 0) is 38.8 Å². The molecule has 0 aromatic heterocycles. The van der Waals surface area contributed by atoms with Crippen molar-refractivity contribution in [3.05, 3.63) is 87.0 Å². The van der Waals surface area contributed by atoms with Gasteiger partial charge in [0.05, 0.1) is 16.7 Å². The number of ether oxygens (including phenoxy) is 1. The molecule has 0 amide bonds. The Kier molecular flexibility index (Phi) is 3.91. The molecular weight excluding hydrogens is 420 g/mol. The first-order chi connectivity index (χ1) is 13.6. The van der Waals surface area contributed by atoms with Crippen LogP contribution in [0, 0.1) is 16.0 Å². The van der Waals surface area contributed by atoms with Crippen molar-refractivity contribution in [1.82, 2.24) is 0 Å². The second-order valence-corrected chi connectivity index (χ2v) is 8.00. The molecule has 6 heteroatoms. The van der Waals surface area contributed by atoms with Crippen LogP contribution in [0.15, 0.2) is 71.3 Å². The van der Waals surface area contributed by atoms with Crippen LogP contribution in [0.3, 0.4) is 0 Å². The number of nitrogens with zero attached hydrogens (tertiary/aromatic N) is 2. The van der Waals surface area contributed by atoms with Crippen LogP contribution < -0.4 is 9.64 Å². The SMILES string of the molecule is C[C@H]1[C@H]2c3cccc([N+](=O)[O-])c3O[C@@H]1C=CN2c1ccc2ccccc2c1Br. The second-order valence-electron chi connectivity index (χ2n) is 7.21. The molecule has 0 fully saturated rings. The van der Waals surface area contributed by atoms with Crippen molar-refractivity contribution >= 4 is 38.1 Å². The zero-order chi connectivity index (χ0) is 19.4. The van der Waals surface area contributed by atoms with Crippen LogP contribution >= 0.6 is 15.9 Å². The van der Waals surface area contributed by atoms with E-state index < -0.39 is 0 Å². The smallest absolute Gasteiger partial charge is 0.311 e. The van der Waals surface area contributed by atoms with Gasteiger partial charge in [-0.1, -0.05) is 49.4 Å². The number of hydrogen-bond donors (Lipinski definition) is 0. The summed E-state index contributed by atoms with van der Waals surface area (Å²) >= 11 is 3.79. The third kappa shape index (κ3) is 2.44. The van der Waals surface area contributed by atoms with E-state index in [0.717, 1.165) is 26.5 Å². The van der Waals surface area contributed by atoms with Gasteiger partial charge in [-0.15, -0.1) is 0 Å². The van der Waals surface area contributed by atoms with E-state index in [0.29, 0.717) is 5.75 Å². The first-order valence-electron chi connectivity index (χ1n) is 9.14. The lowest BCUT2D eigenvalue weighted by Gasteiger charge is -2.45. The predicted octanol–water partition coefficient (Wildman–Crippen LogP) is 5.98. The minimum Gasteiger partial charge on any atom is -0.479 e. The molecule has 0 unspecified atom stereocenters. The molecule has 0 saturated heterocycles. The number of nitro groups is 1. The van der Waals surface area contributed by atoms with Crippen molar-refractivity contribution in [3.8, 4) is 5.75 Å². The maximum absolute atomic E-state index is 11.5. The molecule has 3 atom stereocenters. The van der Waals surface area contributed by atoms with Crippen molar-refractivity contribution < 1.29 is 9.66 Å². The van der Waals surface area contributed by atoms with E-state index in [1.807, 2.05) is 30.5 Å². The maximum atomic E-state index is 11.5. The van der Waals surface area contributed by atoms with E-state index in [2.05, 4.69) is 52.0 Å². The molecule has 5 nitrogen and oxygen atoms in total. The highest BCUT2D eigenvalue weighted by atomic mass is 79.9. The van der Waals surface area contributed by atoms with Gasteiger partial charge in [-0.25, -0.2) is 0 Å². The molecule has 5 rings (SSSR count). The third-order valence-corrected chi connectivity index (χ3v) is 6.50. The Balaban J connectivity index is 1.70. The van der Waals surface area contributed by atoms with Gasteiger partial charge < -0.3 is 9.64 Å². The zero-order valence-corrected chi connectivity index (χ0v) is 16.7. The van der Waals surface area contributed by atoms with Crippen molar-refractivity contribution in [2.75, 3.05) is 4.90 Å². The summed E-state index contributed by atoms with van der Waals surface area (Å²) in [6.45, 7) is 2.13. The quantitative estimate of drug-likeness (QED) is 0.366. The summed E-state index contributed by atoms with van der Waals surface area (Å²) in [4.78, 5) is 13.3. The predicted molar refractivity (Wildman–Crippen MR) is 113 cm³/mol. The van der Waals surface area contributed by atoms with Crippen molar-refractivity contribution in [3.63, 3.8) is 0 Å². The highest BCUT2D eigenvalue weighted by molar-refractivity contribution is 9.10. The summed E-state index contributed by atoms with van der Waals surface area (Å²) in [6, 6.07) is 17.5. The van der Waals surface area contributed by atoms with Crippen LogP contribution in [0.5, 0.6) is 5.75 Å². The number of halogens is 1. The van der Waals surface area contributed by atoms with Crippen LogP contribution in [0.2, 0.25) is 0 Å². The van der Waals surface area contributed by atoms with Gasteiger partial charge in [0.25, 0.3) is 0 Å². The van der Waals surface area contributed by atoms with Crippen LogP contribution in [0.4, 0.5) is 11.4 Å². The maximum Gasteiger partial charge on any atom is 0.311 e. The molecule has 0 saturated carbocycles. The average molecular weight is 437 g/mol. The van der Waals surface area contributed by atoms with Crippen LogP contribution in [-0.2, 0) is 0 Å². The van der Waals surface area contributed by atoms with E-state index in [1.165, 1.54) is 6.07 Å². The van der Waals surface area contributed by atoms with Gasteiger partial charge in [-0.2, -0.15) is 0 Å². The van der Waals surface area contributed by atoms with E-state index in [9.17, 15) is 10.1 Å². The number of anilines is 1. The Hall–Kier alpha value is -2.86. The number of nitro benzene ring substituents is 1.